The number of ether oxygens (including phenoxy) is 1. The Morgan fingerprint density at radius 3 is 2.86 bits per heavy atom. The van der Waals surface area contributed by atoms with E-state index in [1.54, 1.807) is 0 Å². The number of nitrogens with two attached hydrogens (primary N) is 1. The van der Waals surface area contributed by atoms with Crippen molar-refractivity contribution in [2.45, 2.75) is 6.92 Å². The van der Waals surface area contributed by atoms with Crippen LogP contribution in [0.2, 0.25) is 0 Å². The molecule has 1 aliphatic heterocycles. The van der Waals surface area contributed by atoms with Crippen LogP contribution in [0.1, 0.15) is 6.92 Å². The van der Waals surface area contributed by atoms with Crippen molar-refractivity contribution in [3.8, 4) is 0 Å². The first-order chi connectivity index (χ1) is 6.83. The van der Waals surface area contributed by atoms with Gasteiger partial charge in [-0.15, -0.1) is 0 Å². The molecule has 0 bridgehead atoms. The highest BCUT2D eigenvalue weighted by atomic mass is 16.5. The summed E-state index contributed by atoms with van der Waals surface area (Å²) in [5, 5.41) is 2.97. The molecule has 1 rings (SSSR count). The molecule has 14 heavy (non-hydrogen) atoms. The van der Waals surface area contributed by atoms with Gasteiger partial charge < -0.3 is 15.8 Å². The molecule has 0 saturated carbocycles. The molecule has 1 heterocycles. The summed E-state index contributed by atoms with van der Waals surface area (Å²) in [7, 11) is 0. The van der Waals surface area contributed by atoms with E-state index in [1.165, 1.54) is 0 Å². The molecule has 1 aliphatic rings. The second kappa shape index (κ2) is 6.62. The fraction of sp³-hybridized carbons (Fsp3) is 0.889. The zero-order valence-electron chi connectivity index (χ0n) is 8.83. The number of morpholine rings is 1. The normalized spacial score (nSPS) is 19.6. The van der Waals surface area contributed by atoms with Gasteiger partial charge in [0, 0.05) is 26.2 Å². The van der Waals surface area contributed by atoms with Gasteiger partial charge in [0.15, 0.2) is 5.96 Å². The van der Waals surface area contributed by atoms with E-state index in [2.05, 4.69) is 15.2 Å². The Labute approximate surface area is 85.3 Å². The Morgan fingerprint density at radius 2 is 2.21 bits per heavy atom. The first kappa shape index (κ1) is 11.3. The molecule has 0 atom stereocenters. The Hall–Kier alpha value is -0.810. The number of rotatable bonds is 4. The maximum absolute atomic E-state index is 5.60. The number of guanidine groups is 1. The smallest absolute Gasteiger partial charge is 0.188 e. The molecule has 0 unspecified atom stereocenters. The topological polar surface area (TPSA) is 62.9 Å². The molecule has 0 aromatic carbocycles. The van der Waals surface area contributed by atoms with Gasteiger partial charge in [-0.25, -0.2) is 0 Å². The summed E-state index contributed by atoms with van der Waals surface area (Å²) in [5.41, 5.74) is 5.60. The third-order valence-corrected chi connectivity index (χ3v) is 2.16. The first-order valence-corrected chi connectivity index (χ1v) is 5.17. The lowest BCUT2D eigenvalue weighted by Crippen LogP contribution is -2.38. The number of aliphatic imine (C=N–C) groups is 1. The highest BCUT2D eigenvalue weighted by Gasteiger charge is 2.08. The molecule has 0 aromatic heterocycles. The molecule has 5 heteroatoms. The summed E-state index contributed by atoms with van der Waals surface area (Å²) in [4.78, 5) is 6.55. The number of hydrogen-bond donors (Lipinski definition) is 2. The van der Waals surface area contributed by atoms with Crippen molar-refractivity contribution in [3.05, 3.63) is 0 Å². The highest BCUT2D eigenvalue weighted by Crippen LogP contribution is 1.95. The van der Waals surface area contributed by atoms with E-state index in [4.69, 9.17) is 10.5 Å². The third kappa shape index (κ3) is 4.43. The van der Waals surface area contributed by atoms with E-state index in [9.17, 15) is 0 Å². The van der Waals surface area contributed by atoms with Gasteiger partial charge in [-0.2, -0.15) is 0 Å². The van der Waals surface area contributed by atoms with Crippen LogP contribution in [0.15, 0.2) is 4.99 Å². The number of nitrogens with zero attached hydrogens (tertiary/aromatic N) is 2. The molecular weight excluding hydrogens is 180 g/mol. The predicted molar refractivity (Wildman–Crippen MR) is 57.4 cm³/mol. The largest absolute Gasteiger partial charge is 0.379 e. The van der Waals surface area contributed by atoms with Gasteiger partial charge in [-0.3, -0.25) is 9.89 Å². The van der Waals surface area contributed by atoms with Crippen molar-refractivity contribution in [1.82, 2.24) is 10.2 Å². The van der Waals surface area contributed by atoms with Crippen LogP contribution >= 0.6 is 0 Å². The van der Waals surface area contributed by atoms with Crippen molar-refractivity contribution in [1.29, 1.82) is 0 Å². The molecule has 0 spiro atoms. The highest BCUT2D eigenvalue weighted by molar-refractivity contribution is 5.77. The Bertz CT molecular complexity index is 178. The van der Waals surface area contributed by atoms with Gasteiger partial charge in [0.1, 0.15) is 0 Å². The lowest BCUT2D eigenvalue weighted by molar-refractivity contribution is 0.0394. The molecule has 5 nitrogen and oxygen atoms in total. The maximum atomic E-state index is 5.60. The van der Waals surface area contributed by atoms with Gasteiger partial charge >= 0.3 is 0 Å². The molecule has 0 aliphatic carbocycles. The van der Waals surface area contributed by atoms with E-state index in [1.807, 2.05) is 6.92 Å². The molecule has 0 radical (unpaired) electrons. The molecule has 1 fully saturated rings. The Morgan fingerprint density at radius 1 is 1.50 bits per heavy atom. The van der Waals surface area contributed by atoms with E-state index < -0.39 is 0 Å². The monoisotopic (exact) mass is 200 g/mol. The van der Waals surface area contributed by atoms with E-state index in [-0.39, 0.29) is 0 Å². The van der Waals surface area contributed by atoms with Crippen LogP contribution in [0, 0.1) is 0 Å². The van der Waals surface area contributed by atoms with Gasteiger partial charge in [0.25, 0.3) is 0 Å². The van der Waals surface area contributed by atoms with Crippen LogP contribution in [0.4, 0.5) is 0 Å². The van der Waals surface area contributed by atoms with Crippen molar-refractivity contribution < 1.29 is 4.74 Å². The van der Waals surface area contributed by atoms with Crippen molar-refractivity contribution in [2.75, 3.05) is 45.9 Å². The maximum Gasteiger partial charge on any atom is 0.188 e. The zero-order valence-corrected chi connectivity index (χ0v) is 8.83. The lowest BCUT2D eigenvalue weighted by Gasteiger charge is -2.25. The van der Waals surface area contributed by atoms with E-state index in [0.29, 0.717) is 5.96 Å². The van der Waals surface area contributed by atoms with Gasteiger partial charge in [0.05, 0.1) is 19.8 Å². The van der Waals surface area contributed by atoms with Crippen LogP contribution in [0.3, 0.4) is 0 Å². The minimum absolute atomic E-state index is 0.542. The van der Waals surface area contributed by atoms with Gasteiger partial charge in [-0.05, 0) is 6.92 Å². The quantitative estimate of drug-likeness (QED) is 0.463. The van der Waals surface area contributed by atoms with Crippen molar-refractivity contribution in [2.24, 2.45) is 10.7 Å². The fourth-order valence-corrected chi connectivity index (χ4v) is 1.37. The van der Waals surface area contributed by atoms with Crippen LogP contribution < -0.4 is 11.1 Å². The summed E-state index contributed by atoms with van der Waals surface area (Å²) >= 11 is 0. The summed E-state index contributed by atoms with van der Waals surface area (Å²) < 4.78 is 5.25. The predicted octanol–water partition coefficient (Wildman–Crippen LogP) is -0.757. The first-order valence-electron chi connectivity index (χ1n) is 5.17. The van der Waals surface area contributed by atoms with Crippen molar-refractivity contribution in [3.63, 3.8) is 0 Å². The van der Waals surface area contributed by atoms with Crippen LogP contribution in [-0.4, -0.2) is 56.8 Å². The van der Waals surface area contributed by atoms with Crippen LogP contribution in [-0.2, 0) is 4.74 Å². The van der Waals surface area contributed by atoms with Crippen molar-refractivity contribution >= 4 is 5.96 Å². The van der Waals surface area contributed by atoms with E-state index >= 15 is 0 Å². The molecule has 0 aromatic rings. The molecule has 82 valence electrons. The SMILES string of the molecule is CCNC(N)=NCCN1CCOCC1. The zero-order chi connectivity index (χ0) is 10.2. The number of nitrogens with one attached hydrogen (secondary N) is 1. The van der Waals surface area contributed by atoms with Crippen LogP contribution in [0.25, 0.3) is 0 Å². The molecule has 1 saturated heterocycles. The standard InChI is InChI=1S/C9H20N4O/c1-2-11-9(10)12-3-4-13-5-7-14-8-6-13/h2-8H2,1H3,(H3,10,11,12). The minimum Gasteiger partial charge on any atom is -0.379 e. The second-order valence-corrected chi connectivity index (χ2v) is 3.25. The molecule has 3 N–H and O–H groups in total. The average Bonchev–Trinajstić information content (AvgIpc) is 2.20. The fourth-order valence-electron chi connectivity index (χ4n) is 1.37. The third-order valence-electron chi connectivity index (χ3n) is 2.16. The molecule has 0 amide bonds. The lowest BCUT2D eigenvalue weighted by atomic mass is 10.4. The second-order valence-electron chi connectivity index (χ2n) is 3.25. The average molecular weight is 200 g/mol. The minimum atomic E-state index is 0.542. The summed E-state index contributed by atoms with van der Waals surface area (Å²) in [5.74, 6) is 0.542. The summed E-state index contributed by atoms with van der Waals surface area (Å²) in [6.07, 6.45) is 0. The Kier molecular flexibility index (Phi) is 5.32. The number of hydrogen-bond acceptors (Lipinski definition) is 3. The molecular formula is C9H20N4O. The summed E-state index contributed by atoms with van der Waals surface area (Å²) in [6, 6.07) is 0. The van der Waals surface area contributed by atoms with Crippen LogP contribution in [0.5, 0.6) is 0 Å². The van der Waals surface area contributed by atoms with Gasteiger partial charge in [0.2, 0.25) is 0 Å². The van der Waals surface area contributed by atoms with E-state index in [0.717, 1.165) is 45.9 Å². The van der Waals surface area contributed by atoms with Gasteiger partial charge in [-0.1, -0.05) is 0 Å². The Balaban J connectivity index is 2.09. The summed E-state index contributed by atoms with van der Waals surface area (Å²) in [6.45, 7) is 8.26.